The maximum absolute atomic E-state index is 7.17. The molecule has 0 spiro atoms. The lowest BCUT2D eigenvalue weighted by Crippen LogP contribution is -2.11. The van der Waals surface area contributed by atoms with Gasteiger partial charge in [-0.2, -0.15) is 0 Å². The van der Waals surface area contributed by atoms with Gasteiger partial charge in [0.25, 0.3) is 0 Å². The standard InChI is InChI=1S/C2H8N2.3BH3O3/c3-1-2-4;3*2-1(3)4/h1-4H2;3*2-4H. The van der Waals surface area contributed by atoms with Crippen LogP contribution < -0.4 is 11.5 Å². The van der Waals surface area contributed by atoms with Crippen molar-refractivity contribution in [1.29, 1.82) is 0 Å². The van der Waals surface area contributed by atoms with E-state index in [4.69, 9.17) is 56.7 Å². The summed E-state index contributed by atoms with van der Waals surface area (Å²) in [4.78, 5) is 0. The second kappa shape index (κ2) is 24.1. The van der Waals surface area contributed by atoms with Crippen LogP contribution in [0.25, 0.3) is 0 Å². The van der Waals surface area contributed by atoms with Gasteiger partial charge < -0.3 is 56.7 Å². The van der Waals surface area contributed by atoms with Gasteiger partial charge in [0, 0.05) is 13.1 Å². The Hall–Kier alpha value is -0.245. The lowest BCUT2D eigenvalue weighted by atomic mass is 10.3. The monoisotopic (exact) mass is 246 g/mol. The molecule has 0 fully saturated rings. The third kappa shape index (κ3) is 3930. The fraction of sp³-hybridized carbons (Fsp3) is 1.00. The highest BCUT2D eigenvalue weighted by Gasteiger charge is 1.93. The molecule has 13 N–H and O–H groups in total. The molecule has 0 aromatic rings. The molecule has 0 atom stereocenters. The summed E-state index contributed by atoms with van der Waals surface area (Å²) < 4.78 is 0. The Balaban J connectivity index is -0.0000000600. The van der Waals surface area contributed by atoms with Gasteiger partial charge >= 0.3 is 22.0 Å². The largest absolute Gasteiger partial charge is 0.631 e. The highest BCUT2D eigenvalue weighted by atomic mass is 16.5. The Bertz CT molecular complexity index is 72.3. The minimum absolute atomic E-state index is 0.597. The summed E-state index contributed by atoms with van der Waals surface area (Å²) in [7, 11) is -6.50. The van der Waals surface area contributed by atoms with Gasteiger partial charge in [0.15, 0.2) is 0 Å². The molecule has 14 heteroatoms. The first-order valence-corrected chi connectivity index (χ1v) is 3.64. The first-order valence-electron chi connectivity index (χ1n) is 3.64. The van der Waals surface area contributed by atoms with E-state index in [1.807, 2.05) is 0 Å². The second-order valence-corrected chi connectivity index (χ2v) is 1.62. The number of nitrogens with two attached hydrogens (primary N) is 2. The Morgan fingerprint density at radius 2 is 0.562 bits per heavy atom. The lowest BCUT2D eigenvalue weighted by molar-refractivity contribution is 0.276. The third-order valence-electron chi connectivity index (χ3n) is 0.167. The summed E-state index contributed by atoms with van der Waals surface area (Å²) in [5, 5.41) is 64.5. The zero-order chi connectivity index (χ0) is 14.1. The molecule has 0 aliphatic rings. The van der Waals surface area contributed by atoms with Crippen molar-refractivity contribution < 1.29 is 45.2 Å². The van der Waals surface area contributed by atoms with Gasteiger partial charge in [-0.3, -0.25) is 0 Å². The maximum Gasteiger partial charge on any atom is 0.631 e. The summed E-state index contributed by atoms with van der Waals surface area (Å²) in [5.41, 5.74) is 9.81. The predicted octanol–water partition coefficient (Wildman–Crippen LogP) is -7.25. The van der Waals surface area contributed by atoms with Crippen LogP contribution in [0.15, 0.2) is 0 Å². The van der Waals surface area contributed by atoms with Crippen LogP contribution in [-0.4, -0.2) is 80.3 Å². The van der Waals surface area contributed by atoms with Gasteiger partial charge in [-0.05, 0) is 0 Å². The second-order valence-electron chi connectivity index (χ2n) is 1.62. The maximum atomic E-state index is 7.17. The molecule has 0 saturated heterocycles. The average molecular weight is 246 g/mol. The molecule has 0 radical (unpaired) electrons. The van der Waals surface area contributed by atoms with Crippen molar-refractivity contribution in [3.8, 4) is 0 Å². The van der Waals surface area contributed by atoms with E-state index in [9.17, 15) is 0 Å². The van der Waals surface area contributed by atoms with Crippen molar-refractivity contribution in [2.24, 2.45) is 11.5 Å². The molecular weight excluding hydrogens is 228 g/mol. The molecule has 0 aromatic heterocycles. The van der Waals surface area contributed by atoms with E-state index >= 15 is 0 Å². The van der Waals surface area contributed by atoms with Crippen molar-refractivity contribution in [3.05, 3.63) is 0 Å². The van der Waals surface area contributed by atoms with E-state index < -0.39 is 22.0 Å². The molecule has 98 valence electrons. The van der Waals surface area contributed by atoms with E-state index in [-0.39, 0.29) is 0 Å². The summed E-state index contributed by atoms with van der Waals surface area (Å²) in [6.07, 6.45) is 0. The van der Waals surface area contributed by atoms with E-state index in [0.717, 1.165) is 0 Å². The van der Waals surface area contributed by atoms with Crippen molar-refractivity contribution in [2.45, 2.75) is 0 Å². The molecule has 0 aromatic carbocycles. The highest BCUT2D eigenvalue weighted by molar-refractivity contribution is 6.31. The zero-order valence-electron chi connectivity index (χ0n) is 8.33. The molecule has 0 saturated carbocycles. The van der Waals surface area contributed by atoms with Crippen molar-refractivity contribution in [1.82, 2.24) is 0 Å². The average Bonchev–Trinajstić information content (AvgIpc) is 2.00. The highest BCUT2D eigenvalue weighted by Crippen LogP contribution is 1.41. The van der Waals surface area contributed by atoms with Crippen molar-refractivity contribution >= 4 is 22.0 Å². The molecule has 0 aliphatic heterocycles. The topological polar surface area (TPSA) is 234 Å². The van der Waals surface area contributed by atoms with E-state index in [1.54, 1.807) is 0 Å². The van der Waals surface area contributed by atoms with Crippen LogP contribution in [0.4, 0.5) is 0 Å². The zero-order valence-corrected chi connectivity index (χ0v) is 8.33. The van der Waals surface area contributed by atoms with E-state index in [0.29, 0.717) is 13.1 Å². The normalized spacial score (nSPS) is 6.94. The molecule has 16 heavy (non-hydrogen) atoms. The Labute approximate surface area is 92.7 Å². The summed E-state index contributed by atoms with van der Waals surface area (Å²) >= 11 is 0. The number of hydrogen-bond donors (Lipinski definition) is 11. The van der Waals surface area contributed by atoms with E-state index in [2.05, 4.69) is 0 Å². The molecule has 11 nitrogen and oxygen atoms in total. The fourth-order valence-corrected chi connectivity index (χ4v) is 0. The molecule has 0 bridgehead atoms. The molecule has 0 amide bonds. The smallest absolute Gasteiger partial charge is 0.402 e. The summed E-state index contributed by atoms with van der Waals surface area (Å²) in [5.74, 6) is 0. The third-order valence-corrected chi connectivity index (χ3v) is 0.167. The van der Waals surface area contributed by atoms with Gasteiger partial charge in [-0.15, -0.1) is 0 Å². The van der Waals surface area contributed by atoms with Crippen LogP contribution in [-0.2, 0) is 0 Å². The number of hydrogen-bond acceptors (Lipinski definition) is 11. The SMILES string of the molecule is NCCN.OB(O)O.OB(O)O.OB(O)O. The Morgan fingerprint density at radius 1 is 0.500 bits per heavy atom. The quantitative estimate of drug-likeness (QED) is 0.194. The van der Waals surface area contributed by atoms with Crippen molar-refractivity contribution in [2.75, 3.05) is 13.1 Å². The minimum Gasteiger partial charge on any atom is -0.402 e. The molecular formula is C2H17B3N2O9. The van der Waals surface area contributed by atoms with Crippen LogP contribution >= 0.6 is 0 Å². The lowest BCUT2D eigenvalue weighted by Gasteiger charge is -1.72. The van der Waals surface area contributed by atoms with Crippen LogP contribution in [0.3, 0.4) is 0 Å². The Kier molecular flexibility index (Phi) is 37.4. The first kappa shape index (κ1) is 24.8. The van der Waals surface area contributed by atoms with Gasteiger partial charge in [-0.25, -0.2) is 0 Å². The summed E-state index contributed by atoms with van der Waals surface area (Å²) in [6, 6.07) is 0. The molecule has 0 heterocycles. The molecule has 0 aliphatic carbocycles. The van der Waals surface area contributed by atoms with Gasteiger partial charge in [0.1, 0.15) is 0 Å². The van der Waals surface area contributed by atoms with Crippen LogP contribution in [0.1, 0.15) is 0 Å². The Morgan fingerprint density at radius 3 is 0.562 bits per heavy atom. The predicted molar refractivity (Wildman–Crippen MR) is 55.3 cm³/mol. The fourth-order valence-electron chi connectivity index (χ4n) is 0. The van der Waals surface area contributed by atoms with Gasteiger partial charge in [0.05, 0.1) is 0 Å². The van der Waals surface area contributed by atoms with E-state index in [1.165, 1.54) is 0 Å². The van der Waals surface area contributed by atoms with Crippen LogP contribution in [0, 0.1) is 0 Å². The summed E-state index contributed by atoms with van der Waals surface area (Å²) in [6.45, 7) is 1.19. The number of rotatable bonds is 1. The van der Waals surface area contributed by atoms with Gasteiger partial charge in [0.2, 0.25) is 0 Å². The van der Waals surface area contributed by atoms with Crippen molar-refractivity contribution in [3.63, 3.8) is 0 Å². The first-order chi connectivity index (χ1) is 7.11. The molecule has 0 unspecified atom stereocenters. The van der Waals surface area contributed by atoms with Crippen LogP contribution in [0.5, 0.6) is 0 Å². The van der Waals surface area contributed by atoms with Crippen LogP contribution in [0.2, 0.25) is 0 Å². The van der Waals surface area contributed by atoms with Gasteiger partial charge in [-0.1, -0.05) is 0 Å². The minimum atomic E-state index is -2.17. The molecule has 0 rings (SSSR count).